The molecule has 1 saturated heterocycles. The third-order valence-corrected chi connectivity index (χ3v) is 5.67. The second kappa shape index (κ2) is 8.72. The van der Waals surface area contributed by atoms with Crippen LogP contribution >= 0.6 is 0 Å². The zero-order valence-corrected chi connectivity index (χ0v) is 16.8. The normalized spacial score (nSPS) is 15.6. The minimum atomic E-state index is 0.229. The summed E-state index contributed by atoms with van der Waals surface area (Å²) in [5, 5.41) is 21.9. The lowest BCUT2D eigenvalue weighted by Crippen LogP contribution is -2.45. The monoisotopic (exact) mass is 392 g/mol. The highest BCUT2D eigenvalue weighted by molar-refractivity contribution is 5.89. The Bertz CT molecular complexity index is 964. The molecular weight excluding hydrogens is 364 g/mol. The Kier molecular flexibility index (Phi) is 5.88. The van der Waals surface area contributed by atoms with Crippen LogP contribution in [0.3, 0.4) is 0 Å². The van der Waals surface area contributed by atoms with Gasteiger partial charge in [0.25, 0.3) is 0 Å². The first-order valence-corrected chi connectivity index (χ1v) is 10.1. The molecule has 0 unspecified atom stereocenters. The number of aromatic hydroxyl groups is 2. The molecule has 152 valence electrons. The molecule has 0 spiro atoms. The van der Waals surface area contributed by atoms with Crippen molar-refractivity contribution in [3.05, 3.63) is 65.7 Å². The molecule has 5 nitrogen and oxygen atoms in total. The van der Waals surface area contributed by atoms with Gasteiger partial charge >= 0.3 is 0 Å². The Labute approximate surface area is 171 Å². The van der Waals surface area contributed by atoms with Crippen LogP contribution in [0.5, 0.6) is 17.2 Å². The number of phenols is 2. The molecule has 29 heavy (non-hydrogen) atoms. The van der Waals surface area contributed by atoms with Crippen molar-refractivity contribution >= 4 is 10.8 Å². The van der Waals surface area contributed by atoms with E-state index in [1.54, 1.807) is 18.2 Å². The van der Waals surface area contributed by atoms with E-state index in [4.69, 9.17) is 4.74 Å². The summed E-state index contributed by atoms with van der Waals surface area (Å²) in [4.78, 5) is 4.79. The van der Waals surface area contributed by atoms with Gasteiger partial charge in [0.15, 0.2) is 0 Å². The topological polar surface area (TPSA) is 56.2 Å². The highest BCUT2D eigenvalue weighted by atomic mass is 16.5. The van der Waals surface area contributed by atoms with Crippen LogP contribution in [0.25, 0.3) is 10.8 Å². The van der Waals surface area contributed by atoms with E-state index in [1.807, 2.05) is 36.4 Å². The lowest BCUT2D eigenvalue weighted by atomic mass is 9.97. The largest absolute Gasteiger partial charge is 0.508 e. The summed E-state index contributed by atoms with van der Waals surface area (Å²) < 4.78 is 5.92. The van der Waals surface area contributed by atoms with Gasteiger partial charge in [-0.15, -0.1) is 0 Å². The van der Waals surface area contributed by atoms with Crippen molar-refractivity contribution in [1.82, 2.24) is 9.80 Å². The lowest BCUT2D eigenvalue weighted by Gasteiger charge is -2.32. The van der Waals surface area contributed by atoms with Crippen LogP contribution in [0, 0.1) is 0 Å². The summed E-state index contributed by atoms with van der Waals surface area (Å²) in [6.07, 6.45) is 0.621. The Balaban J connectivity index is 1.37. The van der Waals surface area contributed by atoms with Crippen LogP contribution in [0.2, 0.25) is 0 Å². The van der Waals surface area contributed by atoms with E-state index in [0.29, 0.717) is 13.0 Å². The minimum Gasteiger partial charge on any atom is -0.508 e. The van der Waals surface area contributed by atoms with Gasteiger partial charge in [-0.1, -0.05) is 24.3 Å². The fourth-order valence-corrected chi connectivity index (χ4v) is 3.83. The zero-order chi connectivity index (χ0) is 20.2. The summed E-state index contributed by atoms with van der Waals surface area (Å²) >= 11 is 0. The van der Waals surface area contributed by atoms with Gasteiger partial charge in [-0.2, -0.15) is 0 Å². The van der Waals surface area contributed by atoms with Crippen LogP contribution in [-0.2, 0) is 6.42 Å². The van der Waals surface area contributed by atoms with Crippen molar-refractivity contribution in [2.24, 2.45) is 0 Å². The molecule has 0 aliphatic carbocycles. The van der Waals surface area contributed by atoms with E-state index in [2.05, 4.69) is 16.8 Å². The van der Waals surface area contributed by atoms with Crippen molar-refractivity contribution in [2.75, 3.05) is 46.4 Å². The van der Waals surface area contributed by atoms with Crippen molar-refractivity contribution in [3.8, 4) is 17.2 Å². The van der Waals surface area contributed by atoms with Crippen LogP contribution in [-0.4, -0.2) is 66.4 Å². The molecule has 2 N–H and O–H groups in total. The molecule has 0 atom stereocenters. The first-order chi connectivity index (χ1) is 14.1. The van der Waals surface area contributed by atoms with Crippen LogP contribution in [0.15, 0.2) is 54.6 Å². The molecule has 0 amide bonds. The molecule has 0 bridgehead atoms. The molecule has 1 heterocycles. The molecule has 5 heteroatoms. The molecule has 0 radical (unpaired) electrons. The number of piperazine rings is 1. The third-order valence-electron chi connectivity index (χ3n) is 5.67. The highest BCUT2D eigenvalue weighted by Gasteiger charge is 2.13. The van der Waals surface area contributed by atoms with E-state index in [1.165, 1.54) is 0 Å². The minimum absolute atomic E-state index is 0.229. The Morgan fingerprint density at radius 3 is 2.41 bits per heavy atom. The first kappa shape index (κ1) is 19.6. The smallest absolute Gasteiger partial charge is 0.119 e. The van der Waals surface area contributed by atoms with E-state index in [0.717, 1.165) is 60.4 Å². The number of nitrogens with zero attached hydrogens (tertiary/aromatic N) is 2. The molecule has 3 aromatic carbocycles. The molecule has 1 aliphatic rings. The van der Waals surface area contributed by atoms with Gasteiger partial charge in [-0.05, 0) is 53.7 Å². The maximum absolute atomic E-state index is 10.4. The second-order valence-electron chi connectivity index (χ2n) is 7.78. The summed E-state index contributed by atoms with van der Waals surface area (Å²) in [7, 11) is 2.16. The zero-order valence-electron chi connectivity index (χ0n) is 16.8. The fraction of sp³-hybridized carbons (Fsp3) is 0.333. The molecule has 0 saturated carbocycles. The number of rotatable bonds is 6. The van der Waals surface area contributed by atoms with Gasteiger partial charge in [-0.25, -0.2) is 0 Å². The van der Waals surface area contributed by atoms with Crippen molar-refractivity contribution in [2.45, 2.75) is 6.42 Å². The van der Waals surface area contributed by atoms with E-state index in [9.17, 15) is 10.2 Å². The highest BCUT2D eigenvalue weighted by Crippen LogP contribution is 2.31. The van der Waals surface area contributed by atoms with Gasteiger partial charge < -0.3 is 19.8 Å². The fourth-order valence-electron chi connectivity index (χ4n) is 3.83. The van der Waals surface area contributed by atoms with Gasteiger partial charge in [-0.3, -0.25) is 4.90 Å². The molecule has 4 rings (SSSR count). The molecule has 0 aromatic heterocycles. The standard InChI is InChI=1S/C24H28N2O3/c1-25-10-12-26(13-11-25)14-15-29-21-6-2-18(3-7-21)16-23-22-8-5-20(27)17-19(22)4-9-24(23)28/h2-9,17,27-28H,10-16H2,1H3. The van der Waals surface area contributed by atoms with Crippen LogP contribution < -0.4 is 4.74 Å². The molecule has 1 fully saturated rings. The Morgan fingerprint density at radius 1 is 0.897 bits per heavy atom. The van der Waals surface area contributed by atoms with Gasteiger partial charge in [0, 0.05) is 44.7 Å². The number of benzene rings is 3. The van der Waals surface area contributed by atoms with E-state index < -0.39 is 0 Å². The number of hydrogen-bond acceptors (Lipinski definition) is 5. The van der Waals surface area contributed by atoms with Gasteiger partial charge in [0.1, 0.15) is 23.9 Å². The summed E-state index contributed by atoms with van der Waals surface area (Å²) in [6, 6.07) is 16.8. The number of ether oxygens (including phenoxy) is 1. The van der Waals surface area contributed by atoms with Crippen molar-refractivity contribution in [3.63, 3.8) is 0 Å². The van der Waals surface area contributed by atoms with Crippen LogP contribution in [0.1, 0.15) is 11.1 Å². The van der Waals surface area contributed by atoms with Crippen molar-refractivity contribution < 1.29 is 14.9 Å². The predicted octanol–water partition coefficient (Wildman–Crippen LogP) is 3.47. The second-order valence-corrected chi connectivity index (χ2v) is 7.78. The number of hydrogen-bond donors (Lipinski definition) is 2. The molecule has 1 aliphatic heterocycles. The van der Waals surface area contributed by atoms with Gasteiger partial charge in [0.05, 0.1) is 0 Å². The number of fused-ring (bicyclic) bond motifs is 1. The molecular formula is C24H28N2O3. The average Bonchev–Trinajstić information content (AvgIpc) is 2.73. The SMILES string of the molecule is CN1CCN(CCOc2ccc(Cc3c(O)ccc4cc(O)ccc34)cc2)CC1. The van der Waals surface area contributed by atoms with Crippen molar-refractivity contribution in [1.29, 1.82) is 0 Å². The van der Waals surface area contributed by atoms with E-state index >= 15 is 0 Å². The number of phenolic OH excluding ortho intramolecular Hbond substituents is 2. The maximum atomic E-state index is 10.4. The van der Waals surface area contributed by atoms with Crippen LogP contribution in [0.4, 0.5) is 0 Å². The van der Waals surface area contributed by atoms with E-state index in [-0.39, 0.29) is 11.5 Å². The quantitative estimate of drug-likeness (QED) is 0.673. The summed E-state index contributed by atoms with van der Waals surface area (Å²) in [5.74, 6) is 1.37. The predicted molar refractivity (Wildman–Crippen MR) is 116 cm³/mol. The van der Waals surface area contributed by atoms with Gasteiger partial charge in [0.2, 0.25) is 0 Å². The molecule has 3 aromatic rings. The maximum Gasteiger partial charge on any atom is 0.119 e. The summed E-state index contributed by atoms with van der Waals surface area (Å²) in [6.45, 7) is 6.09. The first-order valence-electron chi connectivity index (χ1n) is 10.1. The third kappa shape index (κ3) is 4.81. The Hall–Kier alpha value is -2.76. The summed E-state index contributed by atoms with van der Waals surface area (Å²) in [5.41, 5.74) is 1.97. The number of likely N-dealkylation sites (N-methyl/N-ethyl adjacent to an activating group) is 1. The Morgan fingerprint density at radius 2 is 1.66 bits per heavy atom. The lowest BCUT2D eigenvalue weighted by molar-refractivity contribution is 0.134. The average molecular weight is 392 g/mol.